The van der Waals surface area contributed by atoms with E-state index in [0.29, 0.717) is 25.2 Å². The second-order valence-corrected chi connectivity index (χ2v) is 6.56. The zero-order valence-corrected chi connectivity index (χ0v) is 15.5. The normalized spacial score (nSPS) is 14.7. The van der Waals surface area contributed by atoms with Crippen LogP contribution in [0.4, 0.5) is 0 Å². The van der Waals surface area contributed by atoms with Gasteiger partial charge in [-0.15, -0.1) is 0 Å². The lowest BCUT2D eigenvalue weighted by molar-refractivity contribution is -0.132. The average Bonchev–Trinajstić information content (AvgIpc) is 2.70. The van der Waals surface area contributed by atoms with Gasteiger partial charge >= 0.3 is 0 Å². The van der Waals surface area contributed by atoms with Gasteiger partial charge in [0.25, 0.3) is 0 Å². The fraction of sp³-hybridized carbons (Fsp3) is 0.500. The summed E-state index contributed by atoms with van der Waals surface area (Å²) in [4.78, 5) is 18.6. The van der Waals surface area contributed by atoms with Crippen LogP contribution in [0.25, 0.3) is 0 Å². The molecule has 0 aliphatic carbocycles. The lowest BCUT2D eigenvalue weighted by Crippen LogP contribution is -2.50. The predicted molar refractivity (Wildman–Crippen MR) is 99.9 cm³/mol. The molecule has 1 aliphatic heterocycles. The van der Waals surface area contributed by atoms with Crippen LogP contribution < -0.4 is 0 Å². The van der Waals surface area contributed by atoms with Crippen LogP contribution in [-0.2, 0) is 11.3 Å². The molecule has 1 aromatic rings. The lowest BCUT2D eigenvalue weighted by Gasteiger charge is -2.35. The van der Waals surface area contributed by atoms with Crippen LogP contribution in [0.2, 0.25) is 0 Å². The minimum atomic E-state index is -0.0129. The lowest BCUT2D eigenvalue weighted by atomic mass is 10.1. The van der Waals surface area contributed by atoms with Gasteiger partial charge in [0.2, 0.25) is 5.91 Å². The third-order valence-corrected chi connectivity index (χ3v) is 4.65. The van der Waals surface area contributed by atoms with E-state index in [0.717, 1.165) is 32.7 Å². The van der Waals surface area contributed by atoms with Crippen LogP contribution in [-0.4, -0.2) is 66.4 Å². The first kappa shape index (κ1) is 20.4. The minimum absolute atomic E-state index is 0.0129. The number of rotatable bonds is 8. The van der Waals surface area contributed by atoms with Gasteiger partial charge < -0.3 is 4.90 Å². The summed E-state index contributed by atoms with van der Waals surface area (Å²) in [7, 11) is 0. The molecular weight excluding hydrogens is 340 g/mol. The molecule has 1 aliphatic rings. The van der Waals surface area contributed by atoms with E-state index in [4.69, 9.17) is 15.8 Å². The molecular formula is C20H24N6O. The van der Waals surface area contributed by atoms with E-state index in [2.05, 4.69) is 28.0 Å². The Morgan fingerprint density at radius 1 is 0.926 bits per heavy atom. The molecule has 0 saturated carbocycles. The van der Waals surface area contributed by atoms with E-state index in [9.17, 15) is 4.79 Å². The molecule has 1 saturated heterocycles. The number of piperazine rings is 1. The summed E-state index contributed by atoms with van der Waals surface area (Å²) in [6.07, 6.45) is 0.574. The van der Waals surface area contributed by atoms with Crippen molar-refractivity contribution in [1.29, 1.82) is 15.8 Å². The van der Waals surface area contributed by atoms with Crippen molar-refractivity contribution >= 4 is 5.91 Å². The van der Waals surface area contributed by atoms with Crippen LogP contribution in [0.5, 0.6) is 0 Å². The summed E-state index contributed by atoms with van der Waals surface area (Å²) in [5, 5.41) is 26.3. The quantitative estimate of drug-likeness (QED) is 0.690. The van der Waals surface area contributed by atoms with E-state index >= 15 is 0 Å². The number of hydrogen-bond donors (Lipinski definition) is 0. The number of nitriles is 3. The second kappa shape index (κ2) is 10.9. The largest absolute Gasteiger partial charge is 0.340 e. The molecule has 7 heteroatoms. The van der Waals surface area contributed by atoms with Gasteiger partial charge in [-0.1, -0.05) is 12.1 Å². The monoisotopic (exact) mass is 364 g/mol. The average molecular weight is 364 g/mol. The molecule has 2 rings (SSSR count). The first-order valence-electron chi connectivity index (χ1n) is 9.11. The number of carbonyl (C=O) groups is 1. The van der Waals surface area contributed by atoms with Gasteiger partial charge in [-0.05, 0) is 17.7 Å². The van der Waals surface area contributed by atoms with Crippen LogP contribution in [0.3, 0.4) is 0 Å². The van der Waals surface area contributed by atoms with Crippen LogP contribution in [0.15, 0.2) is 24.3 Å². The fourth-order valence-electron chi connectivity index (χ4n) is 3.07. The highest BCUT2D eigenvalue weighted by Gasteiger charge is 2.21. The first-order valence-corrected chi connectivity index (χ1v) is 9.11. The summed E-state index contributed by atoms with van der Waals surface area (Å²) in [6, 6.07) is 13.9. The molecule has 0 N–H and O–H groups in total. The Morgan fingerprint density at radius 2 is 1.48 bits per heavy atom. The van der Waals surface area contributed by atoms with Gasteiger partial charge in [0.15, 0.2) is 0 Å². The highest BCUT2D eigenvalue weighted by molar-refractivity contribution is 5.78. The second-order valence-electron chi connectivity index (χ2n) is 6.56. The highest BCUT2D eigenvalue weighted by Crippen LogP contribution is 2.10. The maximum Gasteiger partial charge on any atom is 0.236 e. The molecule has 1 fully saturated rings. The first-order chi connectivity index (χ1) is 13.2. The number of carbonyl (C=O) groups excluding carboxylic acids is 1. The van der Waals surface area contributed by atoms with E-state index in [-0.39, 0.29) is 18.7 Å². The number of benzene rings is 1. The molecule has 1 heterocycles. The fourth-order valence-corrected chi connectivity index (χ4v) is 3.07. The zero-order valence-electron chi connectivity index (χ0n) is 15.5. The van der Waals surface area contributed by atoms with Crippen molar-refractivity contribution in [3.05, 3.63) is 35.4 Å². The molecule has 0 spiro atoms. The van der Waals surface area contributed by atoms with Crippen molar-refractivity contribution < 1.29 is 4.79 Å². The predicted octanol–water partition coefficient (Wildman–Crippen LogP) is 1.33. The van der Waals surface area contributed by atoms with Gasteiger partial charge in [-0.3, -0.25) is 14.6 Å². The van der Waals surface area contributed by atoms with E-state index in [1.165, 1.54) is 5.56 Å². The Labute approximate surface area is 160 Å². The van der Waals surface area contributed by atoms with Gasteiger partial charge in [-0.2, -0.15) is 15.8 Å². The van der Waals surface area contributed by atoms with Crippen molar-refractivity contribution in [3.8, 4) is 18.2 Å². The summed E-state index contributed by atoms with van der Waals surface area (Å²) < 4.78 is 0. The van der Waals surface area contributed by atoms with Crippen LogP contribution in [0, 0.1) is 34.0 Å². The van der Waals surface area contributed by atoms with E-state index in [1.807, 2.05) is 24.3 Å². The Hall–Kier alpha value is -2.92. The zero-order chi connectivity index (χ0) is 19.5. The maximum atomic E-state index is 12.5. The highest BCUT2D eigenvalue weighted by atomic mass is 16.2. The van der Waals surface area contributed by atoms with E-state index < -0.39 is 0 Å². The van der Waals surface area contributed by atoms with Crippen molar-refractivity contribution in [2.45, 2.75) is 19.4 Å². The standard InChI is InChI=1S/C20H24N6O/c21-7-1-9-26(10-2-8-22)20(27)17-25-13-11-24(12-14-25)16-19-5-3-18(15-23)4-6-19/h3-6H,1-2,9-14,16-17H2. The number of hydrogen-bond acceptors (Lipinski definition) is 6. The molecule has 0 bridgehead atoms. The molecule has 1 aromatic carbocycles. The summed E-state index contributed by atoms with van der Waals surface area (Å²) in [5.74, 6) is -0.0129. The van der Waals surface area contributed by atoms with Crippen molar-refractivity contribution in [3.63, 3.8) is 0 Å². The number of amides is 1. The Bertz CT molecular complexity index is 714. The van der Waals surface area contributed by atoms with Gasteiger partial charge in [0.05, 0.1) is 43.2 Å². The van der Waals surface area contributed by atoms with Crippen LogP contribution >= 0.6 is 0 Å². The number of nitrogens with zero attached hydrogens (tertiary/aromatic N) is 6. The smallest absolute Gasteiger partial charge is 0.236 e. The summed E-state index contributed by atoms with van der Waals surface area (Å²) in [6.45, 7) is 5.32. The molecule has 140 valence electrons. The van der Waals surface area contributed by atoms with Crippen LogP contribution in [0.1, 0.15) is 24.0 Å². The van der Waals surface area contributed by atoms with Gasteiger partial charge in [0.1, 0.15) is 0 Å². The van der Waals surface area contributed by atoms with Crippen molar-refractivity contribution in [1.82, 2.24) is 14.7 Å². The third-order valence-electron chi connectivity index (χ3n) is 4.65. The molecule has 0 radical (unpaired) electrons. The topological polar surface area (TPSA) is 98.2 Å². The minimum Gasteiger partial charge on any atom is -0.340 e. The molecule has 0 aromatic heterocycles. The SMILES string of the molecule is N#CCCN(CCC#N)C(=O)CN1CCN(Cc2ccc(C#N)cc2)CC1. The summed E-state index contributed by atoms with van der Waals surface area (Å²) >= 11 is 0. The van der Waals surface area contributed by atoms with Crippen molar-refractivity contribution in [2.75, 3.05) is 45.8 Å². The molecule has 7 nitrogen and oxygen atoms in total. The Balaban J connectivity index is 1.78. The molecule has 1 amide bonds. The Morgan fingerprint density at radius 3 is 2.00 bits per heavy atom. The maximum absolute atomic E-state index is 12.5. The summed E-state index contributed by atoms with van der Waals surface area (Å²) in [5.41, 5.74) is 1.84. The molecule has 0 unspecified atom stereocenters. The van der Waals surface area contributed by atoms with Gasteiger partial charge in [-0.25, -0.2) is 0 Å². The van der Waals surface area contributed by atoms with Gasteiger partial charge in [0, 0.05) is 45.8 Å². The molecule has 0 atom stereocenters. The van der Waals surface area contributed by atoms with E-state index in [1.54, 1.807) is 4.90 Å². The Kier molecular flexibility index (Phi) is 8.26. The third kappa shape index (κ3) is 6.72. The van der Waals surface area contributed by atoms with Crippen molar-refractivity contribution in [2.24, 2.45) is 0 Å². The molecule has 27 heavy (non-hydrogen) atoms.